The van der Waals surface area contributed by atoms with Crippen LogP contribution in [0.25, 0.3) is 10.8 Å². The van der Waals surface area contributed by atoms with Crippen LogP contribution in [0.4, 0.5) is 0 Å². The second kappa shape index (κ2) is 8.59. The zero-order valence-electron chi connectivity index (χ0n) is 17.9. The van der Waals surface area contributed by atoms with Gasteiger partial charge in [0.15, 0.2) is 18.5 Å². The minimum atomic E-state index is 0.0673. The lowest BCUT2D eigenvalue weighted by Gasteiger charge is -2.32. The number of hydrogen-bond donors (Lipinski definition) is 1. The zero-order valence-corrected chi connectivity index (χ0v) is 17.9. The third kappa shape index (κ3) is 3.92. The number of ether oxygens (including phenoxy) is 1. The summed E-state index contributed by atoms with van der Waals surface area (Å²) in [5.74, 6) is 0.308. The van der Waals surface area contributed by atoms with Crippen molar-refractivity contribution < 1.29 is 14.4 Å². The molecule has 0 fully saturated rings. The summed E-state index contributed by atoms with van der Waals surface area (Å²) in [4.78, 5) is 0. The van der Waals surface area contributed by atoms with Gasteiger partial charge in [-0.2, -0.15) is 0 Å². The Balaban J connectivity index is 2.33. The van der Waals surface area contributed by atoms with Crippen molar-refractivity contribution in [2.75, 3.05) is 20.3 Å². The molecule has 3 rings (SSSR count). The molecule has 0 aromatic heterocycles. The topological polar surface area (TPSA) is 32.5 Å². The van der Waals surface area contributed by atoms with Gasteiger partial charge in [0.05, 0.1) is 0 Å². The Labute approximate surface area is 169 Å². The quantitative estimate of drug-likeness (QED) is 0.716. The van der Waals surface area contributed by atoms with Crippen molar-refractivity contribution in [3.8, 4) is 0 Å². The highest BCUT2D eigenvalue weighted by Gasteiger charge is 2.38. The Morgan fingerprint density at radius 2 is 1.86 bits per heavy atom. The molecular weight excluding hydrogens is 346 g/mol. The zero-order chi connectivity index (χ0) is 20.3. The molecule has 2 aromatic carbocycles. The molecule has 3 nitrogen and oxygen atoms in total. The molecule has 0 spiro atoms. The van der Waals surface area contributed by atoms with Crippen LogP contribution in [0.15, 0.2) is 42.6 Å². The molecule has 0 saturated heterocycles. The number of aliphatic hydroxyl groups is 1. The van der Waals surface area contributed by atoms with Crippen molar-refractivity contribution in [2.45, 2.75) is 57.9 Å². The summed E-state index contributed by atoms with van der Waals surface area (Å²) in [6.45, 7) is 9.79. The molecule has 1 aliphatic rings. The largest absolute Gasteiger partial charge is 0.396 e. The summed E-state index contributed by atoms with van der Waals surface area (Å²) in [7, 11) is 1.77. The molecule has 28 heavy (non-hydrogen) atoms. The van der Waals surface area contributed by atoms with E-state index in [0.29, 0.717) is 12.5 Å². The first-order valence-electron chi connectivity index (χ1n) is 10.3. The third-order valence-corrected chi connectivity index (χ3v) is 5.81. The fourth-order valence-electron chi connectivity index (χ4n) is 4.61. The summed E-state index contributed by atoms with van der Waals surface area (Å²) >= 11 is 0. The maximum Gasteiger partial charge on any atom is 0.176 e. The van der Waals surface area contributed by atoms with E-state index in [1.807, 2.05) is 6.92 Å². The van der Waals surface area contributed by atoms with Crippen molar-refractivity contribution >= 4 is 17.0 Å². The summed E-state index contributed by atoms with van der Waals surface area (Å²) in [5, 5.41) is 12.4. The fourth-order valence-corrected chi connectivity index (χ4v) is 4.61. The minimum absolute atomic E-state index is 0.0673. The molecule has 1 aliphatic heterocycles. The Morgan fingerprint density at radius 1 is 1.14 bits per heavy atom. The van der Waals surface area contributed by atoms with E-state index in [0.717, 1.165) is 12.8 Å². The maximum atomic E-state index is 9.76. The van der Waals surface area contributed by atoms with Gasteiger partial charge < -0.3 is 9.84 Å². The minimum Gasteiger partial charge on any atom is -0.396 e. The van der Waals surface area contributed by atoms with Gasteiger partial charge in [-0.05, 0) is 52.8 Å². The molecule has 0 radical (unpaired) electrons. The highest BCUT2D eigenvalue weighted by atomic mass is 16.5. The van der Waals surface area contributed by atoms with Crippen molar-refractivity contribution in [1.29, 1.82) is 0 Å². The van der Waals surface area contributed by atoms with Crippen LogP contribution >= 0.6 is 0 Å². The molecule has 150 valence electrons. The second-order valence-electron chi connectivity index (χ2n) is 8.75. The van der Waals surface area contributed by atoms with Gasteiger partial charge in [0, 0.05) is 38.2 Å². The van der Waals surface area contributed by atoms with E-state index in [4.69, 9.17) is 4.74 Å². The van der Waals surface area contributed by atoms with Crippen molar-refractivity contribution in [3.63, 3.8) is 0 Å². The predicted octanol–water partition coefficient (Wildman–Crippen LogP) is 4.99. The average Bonchev–Trinajstić information content (AvgIpc) is 2.66. The number of rotatable bonds is 6. The SMILES string of the molecule is C/C=C\[N+]1=Cc2cc(C(C)(C)C)c3ccccc3c2C(CCOC)C1CCO. The van der Waals surface area contributed by atoms with Crippen LogP contribution in [0.5, 0.6) is 0 Å². The number of aliphatic hydroxyl groups excluding tert-OH is 1. The van der Waals surface area contributed by atoms with E-state index in [-0.39, 0.29) is 18.1 Å². The summed E-state index contributed by atoms with van der Waals surface area (Å²) in [6.07, 6.45) is 8.15. The highest BCUT2D eigenvalue weighted by molar-refractivity contribution is 5.97. The van der Waals surface area contributed by atoms with Crippen molar-refractivity contribution in [3.05, 3.63) is 59.3 Å². The second-order valence-corrected chi connectivity index (χ2v) is 8.75. The molecule has 0 bridgehead atoms. The molecular formula is C25H34NO2+. The van der Waals surface area contributed by atoms with E-state index in [9.17, 15) is 5.11 Å². The lowest BCUT2D eigenvalue weighted by molar-refractivity contribution is -0.504. The van der Waals surface area contributed by atoms with E-state index >= 15 is 0 Å². The van der Waals surface area contributed by atoms with Crippen LogP contribution < -0.4 is 0 Å². The van der Waals surface area contributed by atoms with Gasteiger partial charge in [0.25, 0.3) is 0 Å². The molecule has 0 amide bonds. The number of benzene rings is 2. The Morgan fingerprint density at radius 3 is 2.46 bits per heavy atom. The lowest BCUT2D eigenvalue weighted by Crippen LogP contribution is -2.36. The summed E-state index contributed by atoms with van der Waals surface area (Å²) < 4.78 is 7.75. The van der Waals surface area contributed by atoms with Gasteiger partial charge in [-0.25, -0.2) is 4.58 Å². The van der Waals surface area contributed by atoms with Crippen LogP contribution in [0, 0.1) is 0 Å². The number of fused-ring (bicyclic) bond motifs is 3. The standard InChI is InChI=1S/C25H34NO2/c1-6-13-26-17-18-16-22(25(2,3)4)19-9-7-8-10-20(19)24(18)21(12-15-28-5)23(26)11-14-27/h6-10,13,16-17,21,23,27H,11-12,14-15H2,1-5H3/q+1/b13-6-. The first kappa shape index (κ1) is 20.8. The van der Waals surface area contributed by atoms with Gasteiger partial charge in [0.2, 0.25) is 0 Å². The van der Waals surface area contributed by atoms with E-state index < -0.39 is 0 Å². The van der Waals surface area contributed by atoms with E-state index in [2.05, 4.69) is 74.2 Å². The van der Waals surface area contributed by atoms with E-state index in [1.165, 1.54) is 27.5 Å². The Hall–Kier alpha value is -1.97. The molecule has 2 unspecified atom stereocenters. The first-order valence-corrected chi connectivity index (χ1v) is 10.3. The number of allylic oxidation sites excluding steroid dienone is 1. The number of methoxy groups -OCH3 is 1. The monoisotopic (exact) mass is 380 g/mol. The summed E-state index contributed by atoms with van der Waals surface area (Å²) in [5.41, 5.74) is 4.14. The first-order chi connectivity index (χ1) is 13.4. The highest BCUT2D eigenvalue weighted by Crippen LogP contribution is 2.41. The Bertz CT molecular complexity index is 889. The van der Waals surface area contributed by atoms with Crippen LogP contribution in [-0.2, 0) is 10.2 Å². The van der Waals surface area contributed by atoms with Crippen LogP contribution in [0.2, 0.25) is 0 Å². The average molecular weight is 381 g/mol. The predicted molar refractivity (Wildman–Crippen MR) is 118 cm³/mol. The molecule has 0 saturated carbocycles. The third-order valence-electron chi connectivity index (χ3n) is 5.81. The van der Waals surface area contributed by atoms with Crippen molar-refractivity contribution in [2.24, 2.45) is 0 Å². The van der Waals surface area contributed by atoms with Crippen LogP contribution in [0.3, 0.4) is 0 Å². The molecule has 1 N–H and O–H groups in total. The molecule has 1 heterocycles. The van der Waals surface area contributed by atoms with Gasteiger partial charge in [-0.3, -0.25) is 0 Å². The molecule has 3 heteroatoms. The normalized spacial score (nSPS) is 19.9. The van der Waals surface area contributed by atoms with Gasteiger partial charge in [0.1, 0.15) is 0 Å². The van der Waals surface area contributed by atoms with Gasteiger partial charge >= 0.3 is 0 Å². The molecule has 0 aliphatic carbocycles. The molecule has 2 atom stereocenters. The van der Waals surface area contributed by atoms with Crippen LogP contribution in [-0.4, -0.2) is 42.3 Å². The maximum absolute atomic E-state index is 9.76. The smallest absolute Gasteiger partial charge is 0.176 e. The number of hydrogen-bond acceptors (Lipinski definition) is 2. The van der Waals surface area contributed by atoms with Crippen molar-refractivity contribution in [1.82, 2.24) is 0 Å². The van der Waals surface area contributed by atoms with Crippen LogP contribution in [0.1, 0.15) is 63.1 Å². The van der Waals surface area contributed by atoms with E-state index in [1.54, 1.807) is 7.11 Å². The fraction of sp³-hybridized carbons (Fsp3) is 0.480. The Kier molecular flexibility index (Phi) is 6.36. The lowest BCUT2D eigenvalue weighted by atomic mass is 9.75. The number of nitrogens with zero attached hydrogens (tertiary/aromatic N) is 1. The van der Waals surface area contributed by atoms with Gasteiger partial charge in [-0.15, -0.1) is 0 Å². The summed E-state index contributed by atoms with van der Waals surface area (Å²) in [6, 6.07) is 11.4. The molecule has 2 aromatic rings. The van der Waals surface area contributed by atoms with Gasteiger partial charge in [-0.1, -0.05) is 45.0 Å².